The molecule has 136 valence electrons. The first-order valence-corrected chi connectivity index (χ1v) is 8.12. The minimum atomic E-state index is -0.272. The highest BCUT2D eigenvalue weighted by Gasteiger charge is 2.16. The first-order valence-electron chi connectivity index (χ1n) is 8.12. The summed E-state index contributed by atoms with van der Waals surface area (Å²) in [6, 6.07) is 11.9. The van der Waals surface area contributed by atoms with E-state index in [-0.39, 0.29) is 5.82 Å². The van der Waals surface area contributed by atoms with Gasteiger partial charge in [-0.15, -0.1) is 10.2 Å². The molecule has 1 aromatic heterocycles. The standard InChI is InChI=1S/C19H21FN4O2/c1-23(15-7-5-14(20)6-8-15)19-22-21-18(24(19)2)12-13-11-16(25-3)9-10-17(13)26-4/h5-11H,12H2,1-4H3. The molecule has 0 fully saturated rings. The quantitative estimate of drug-likeness (QED) is 0.678. The van der Waals surface area contributed by atoms with Crippen molar-refractivity contribution in [3.8, 4) is 11.5 Å². The van der Waals surface area contributed by atoms with Gasteiger partial charge in [0.1, 0.15) is 23.1 Å². The van der Waals surface area contributed by atoms with Crippen molar-refractivity contribution in [1.82, 2.24) is 14.8 Å². The third kappa shape index (κ3) is 3.46. The Labute approximate surface area is 151 Å². The molecule has 3 aromatic rings. The summed E-state index contributed by atoms with van der Waals surface area (Å²) in [7, 11) is 7.03. The van der Waals surface area contributed by atoms with Gasteiger partial charge in [-0.05, 0) is 42.5 Å². The Balaban J connectivity index is 1.89. The van der Waals surface area contributed by atoms with E-state index < -0.39 is 0 Å². The summed E-state index contributed by atoms with van der Waals surface area (Å²) in [5.74, 6) is 2.69. The van der Waals surface area contributed by atoms with Gasteiger partial charge in [0.2, 0.25) is 5.95 Å². The Hall–Kier alpha value is -3.09. The average Bonchev–Trinajstić information content (AvgIpc) is 3.02. The monoisotopic (exact) mass is 356 g/mol. The SMILES string of the molecule is COc1ccc(OC)c(Cc2nnc(N(C)c3ccc(F)cc3)n2C)c1. The molecule has 0 radical (unpaired) electrons. The van der Waals surface area contributed by atoms with Gasteiger partial charge in [0.05, 0.1) is 14.2 Å². The number of rotatable bonds is 6. The second-order valence-corrected chi connectivity index (χ2v) is 5.87. The number of methoxy groups -OCH3 is 2. The van der Waals surface area contributed by atoms with Crippen molar-refractivity contribution in [2.45, 2.75) is 6.42 Å². The minimum Gasteiger partial charge on any atom is -0.497 e. The molecule has 0 saturated heterocycles. The number of anilines is 2. The smallest absolute Gasteiger partial charge is 0.231 e. The van der Waals surface area contributed by atoms with Crippen LogP contribution in [0.5, 0.6) is 11.5 Å². The summed E-state index contributed by atoms with van der Waals surface area (Å²) in [4.78, 5) is 1.86. The van der Waals surface area contributed by atoms with E-state index in [9.17, 15) is 4.39 Å². The first-order chi connectivity index (χ1) is 12.5. The zero-order chi connectivity index (χ0) is 18.7. The highest BCUT2D eigenvalue weighted by atomic mass is 19.1. The number of ether oxygens (including phenoxy) is 2. The molecule has 0 saturated carbocycles. The van der Waals surface area contributed by atoms with Crippen LogP contribution in [0, 0.1) is 5.82 Å². The summed E-state index contributed by atoms with van der Waals surface area (Å²) in [5, 5.41) is 8.59. The average molecular weight is 356 g/mol. The van der Waals surface area contributed by atoms with Crippen LogP contribution >= 0.6 is 0 Å². The predicted octanol–water partition coefficient (Wildman–Crippen LogP) is 3.33. The summed E-state index contributed by atoms with van der Waals surface area (Å²) in [6.45, 7) is 0. The summed E-state index contributed by atoms with van der Waals surface area (Å²) < 4.78 is 25.8. The molecular formula is C19H21FN4O2. The van der Waals surface area contributed by atoms with E-state index in [1.165, 1.54) is 12.1 Å². The molecule has 0 spiro atoms. The summed E-state index contributed by atoms with van der Waals surface area (Å²) in [5.41, 5.74) is 1.78. The second kappa shape index (κ2) is 7.43. The topological polar surface area (TPSA) is 52.4 Å². The fourth-order valence-electron chi connectivity index (χ4n) is 2.77. The zero-order valence-electron chi connectivity index (χ0n) is 15.2. The van der Waals surface area contributed by atoms with E-state index in [1.54, 1.807) is 26.4 Å². The molecule has 0 atom stereocenters. The highest BCUT2D eigenvalue weighted by molar-refractivity contribution is 5.56. The van der Waals surface area contributed by atoms with Gasteiger partial charge in [0, 0.05) is 31.8 Å². The molecule has 0 aliphatic heterocycles. The van der Waals surface area contributed by atoms with Crippen LogP contribution in [0.4, 0.5) is 16.0 Å². The van der Waals surface area contributed by atoms with Gasteiger partial charge in [-0.25, -0.2) is 4.39 Å². The highest BCUT2D eigenvalue weighted by Crippen LogP contribution is 2.27. The molecule has 1 heterocycles. The third-order valence-electron chi connectivity index (χ3n) is 4.29. The zero-order valence-corrected chi connectivity index (χ0v) is 15.2. The van der Waals surface area contributed by atoms with Gasteiger partial charge in [-0.3, -0.25) is 4.57 Å². The summed E-state index contributed by atoms with van der Waals surface area (Å²) in [6.07, 6.45) is 0.543. The van der Waals surface area contributed by atoms with E-state index >= 15 is 0 Å². The van der Waals surface area contributed by atoms with Crippen LogP contribution in [0.2, 0.25) is 0 Å². The molecule has 2 aromatic carbocycles. The van der Waals surface area contributed by atoms with Crippen molar-refractivity contribution in [2.75, 3.05) is 26.2 Å². The van der Waals surface area contributed by atoms with Crippen molar-refractivity contribution >= 4 is 11.6 Å². The van der Waals surface area contributed by atoms with E-state index in [0.29, 0.717) is 12.4 Å². The van der Waals surface area contributed by atoms with Gasteiger partial charge in [0.25, 0.3) is 0 Å². The Bertz CT molecular complexity index is 893. The van der Waals surface area contributed by atoms with Gasteiger partial charge in [-0.1, -0.05) is 0 Å². The number of hydrogen-bond donors (Lipinski definition) is 0. The molecule has 0 unspecified atom stereocenters. The van der Waals surface area contributed by atoms with Crippen molar-refractivity contribution in [1.29, 1.82) is 0 Å². The van der Waals surface area contributed by atoms with Crippen molar-refractivity contribution in [3.63, 3.8) is 0 Å². The number of benzene rings is 2. The number of hydrogen-bond acceptors (Lipinski definition) is 5. The minimum absolute atomic E-state index is 0.272. The van der Waals surface area contributed by atoms with Crippen LogP contribution in [-0.4, -0.2) is 36.0 Å². The van der Waals surface area contributed by atoms with Gasteiger partial charge < -0.3 is 14.4 Å². The summed E-state index contributed by atoms with van der Waals surface area (Å²) >= 11 is 0. The Morgan fingerprint density at radius 3 is 2.42 bits per heavy atom. The molecular weight excluding hydrogens is 335 g/mol. The molecule has 3 rings (SSSR count). The molecule has 0 bridgehead atoms. The molecule has 0 aliphatic rings. The Morgan fingerprint density at radius 1 is 1.04 bits per heavy atom. The Morgan fingerprint density at radius 2 is 1.77 bits per heavy atom. The molecule has 6 nitrogen and oxygen atoms in total. The van der Waals surface area contributed by atoms with Crippen LogP contribution in [0.3, 0.4) is 0 Å². The number of aromatic nitrogens is 3. The van der Waals surface area contributed by atoms with Gasteiger partial charge >= 0.3 is 0 Å². The first kappa shape index (κ1) is 17.7. The fourth-order valence-corrected chi connectivity index (χ4v) is 2.77. The molecule has 0 N–H and O–H groups in total. The van der Waals surface area contributed by atoms with Crippen LogP contribution in [0.1, 0.15) is 11.4 Å². The lowest BCUT2D eigenvalue weighted by Crippen LogP contribution is -2.15. The van der Waals surface area contributed by atoms with Crippen LogP contribution in [0.15, 0.2) is 42.5 Å². The predicted molar refractivity (Wildman–Crippen MR) is 97.8 cm³/mol. The maximum absolute atomic E-state index is 13.1. The van der Waals surface area contributed by atoms with E-state index in [4.69, 9.17) is 9.47 Å². The maximum Gasteiger partial charge on any atom is 0.231 e. The van der Waals surface area contributed by atoms with Crippen molar-refractivity contribution in [3.05, 3.63) is 59.7 Å². The Kier molecular flexibility index (Phi) is 5.06. The molecule has 0 aliphatic carbocycles. The molecule has 0 amide bonds. The van der Waals surface area contributed by atoms with Crippen LogP contribution < -0.4 is 14.4 Å². The molecule has 26 heavy (non-hydrogen) atoms. The third-order valence-corrected chi connectivity index (χ3v) is 4.29. The maximum atomic E-state index is 13.1. The lowest BCUT2D eigenvalue weighted by atomic mass is 10.1. The van der Waals surface area contributed by atoms with Crippen LogP contribution in [-0.2, 0) is 13.5 Å². The largest absolute Gasteiger partial charge is 0.497 e. The van der Waals surface area contributed by atoms with Crippen molar-refractivity contribution < 1.29 is 13.9 Å². The number of nitrogens with zero attached hydrogens (tertiary/aromatic N) is 4. The van der Waals surface area contributed by atoms with Crippen molar-refractivity contribution in [2.24, 2.45) is 7.05 Å². The number of halogens is 1. The van der Waals surface area contributed by atoms with E-state index in [0.717, 1.165) is 28.6 Å². The molecule has 7 heteroatoms. The van der Waals surface area contributed by atoms with Gasteiger partial charge in [0.15, 0.2) is 0 Å². The lowest BCUT2D eigenvalue weighted by molar-refractivity contribution is 0.399. The van der Waals surface area contributed by atoms with E-state index in [2.05, 4.69) is 10.2 Å². The fraction of sp³-hybridized carbons (Fsp3) is 0.263. The van der Waals surface area contributed by atoms with Gasteiger partial charge in [-0.2, -0.15) is 0 Å². The normalized spacial score (nSPS) is 10.7. The second-order valence-electron chi connectivity index (χ2n) is 5.87. The van der Waals surface area contributed by atoms with E-state index in [1.807, 2.05) is 41.8 Å². The lowest BCUT2D eigenvalue weighted by Gasteiger charge is -2.18. The van der Waals surface area contributed by atoms with Crippen LogP contribution in [0.25, 0.3) is 0 Å².